The third-order valence-electron chi connectivity index (χ3n) is 3.02. The van der Waals surface area contributed by atoms with Crippen LogP contribution >= 0.6 is 0 Å². The molecule has 0 saturated heterocycles. The van der Waals surface area contributed by atoms with Crippen LogP contribution in [0.1, 0.15) is 31.1 Å². The molecular weight excluding hydrogens is 184 g/mol. The second-order valence-corrected chi connectivity index (χ2v) is 4.16. The predicted octanol–water partition coefficient (Wildman–Crippen LogP) is 2.76. The Kier molecular flexibility index (Phi) is 2.53. The zero-order valence-electron chi connectivity index (χ0n) is 9.62. The first-order chi connectivity index (χ1) is 7.13. The Balaban J connectivity index is 2.65. The standard InChI is InChI=1S/C13H18N2/c1-4-10-5-6-12-11(7-10)8-13(9(2)14)15(12)3/h5-9H,4,14H2,1-3H3. The van der Waals surface area contributed by atoms with E-state index in [9.17, 15) is 0 Å². The highest BCUT2D eigenvalue weighted by Gasteiger charge is 2.08. The lowest BCUT2D eigenvalue weighted by Gasteiger charge is -2.06. The summed E-state index contributed by atoms with van der Waals surface area (Å²) in [6, 6.07) is 8.90. The minimum absolute atomic E-state index is 0.0903. The van der Waals surface area contributed by atoms with Gasteiger partial charge in [-0.05, 0) is 37.1 Å². The van der Waals surface area contributed by atoms with Gasteiger partial charge < -0.3 is 10.3 Å². The number of rotatable bonds is 2. The Morgan fingerprint density at radius 2 is 2.07 bits per heavy atom. The third kappa shape index (κ3) is 1.65. The van der Waals surface area contributed by atoms with Gasteiger partial charge in [-0.15, -0.1) is 0 Å². The molecule has 1 heterocycles. The highest BCUT2D eigenvalue weighted by atomic mass is 15.0. The number of benzene rings is 1. The summed E-state index contributed by atoms with van der Waals surface area (Å²) in [6.45, 7) is 4.20. The van der Waals surface area contributed by atoms with Gasteiger partial charge in [0.15, 0.2) is 0 Å². The summed E-state index contributed by atoms with van der Waals surface area (Å²) in [5, 5.41) is 1.30. The van der Waals surface area contributed by atoms with Gasteiger partial charge in [0.25, 0.3) is 0 Å². The highest BCUT2D eigenvalue weighted by Crippen LogP contribution is 2.23. The van der Waals surface area contributed by atoms with Crippen molar-refractivity contribution in [1.29, 1.82) is 0 Å². The maximum Gasteiger partial charge on any atom is 0.0480 e. The second-order valence-electron chi connectivity index (χ2n) is 4.16. The Labute approximate surface area is 90.7 Å². The maximum absolute atomic E-state index is 5.93. The van der Waals surface area contributed by atoms with Crippen molar-refractivity contribution in [2.45, 2.75) is 26.3 Å². The molecule has 1 aromatic heterocycles. The van der Waals surface area contributed by atoms with Gasteiger partial charge in [-0.3, -0.25) is 0 Å². The fraction of sp³-hybridized carbons (Fsp3) is 0.385. The quantitative estimate of drug-likeness (QED) is 0.797. The van der Waals surface area contributed by atoms with Crippen LogP contribution in [-0.4, -0.2) is 4.57 Å². The first kappa shape index (κ1) is 10.2. The van der Waals surface area contributed by atoms with E-state index in [-0.39, 0.29) is 6.04 Å². The molecule has 0 bridgehead atoms. The summed E-state index contributed by atoms with van der Waals surface area (Å²) < 4.78 is 2.18. The lowest BCUT2D eigenvalue weighted by atomic mass is 10.1. The predicted molar refractivity (Wildman–Crippen MR) is 64.9 cm³/mol. The fourth-order valence-corrected chi connectivity index (χ4v) is 2.08. The molecule has 0 aliphatic rings. The number of hydrogen-bond acceptors (Lipinski definition) is 1. The average molecular weight is 202 g/mol. The first-order valence-electron chi connectivity index (χ1n) is 5.47. The van der Waals surface area contributed by atoms with Crippen LogP contribution in [0.15, 0.2) is 24.3 Å². The van der Waals surface area contributed by atoms with Gasteiger partial charge >= 0.3 is 0 Å². The molecule has 0 fully saturated rings. The van der Waals surface area contributed by atoms with Crippen LogP contribution in [0.25, 0.3) is 10.9 Å². The number of hydrogen-bond donors (Lipinski definition) is 1. The molecule has 2 rings (SSSR count). The molecule has 2 heteroatoms. The van der Waals surface area contributed by atoms with Gasteiger partial charge in [0, 0.05) is 29.7 Å². The molecule has 0 aliphatic carbocycles. The SMILES string of the molecule is CCc1ccc2c(c1)cc(C(C)N)n2C. The summed E-state index contributed by atoms with van der Waals surface area (Å²) in [6.07, 6.45) is 1.08. The fourth-order valence-electron chi connectivity index (χ4n) is 2.08. The molecule has 0 aliphatic heterocycles. The zero-order valence-corrected chi connectivity index (χ0v) is 9.62. The number of aromatic nitrogens is 1. The van der Waals surface area contributed by atoms with E-state index in [1.165, 1.54) is 22.2 Å². The molecule has 0 saturated carbocycles. The number of nitrogens with zero attached hydrogens (tertiary/aromatic N) is 1. The van der Waals surface area contributed by atoms with Crippen molar-refractivity contribution in [3.63, 3.8) is 0 Å². The van der Waals surface area contributed by atoms with E-state index < -0.39 is 0 Å². The van der Waals surface area contributed by atoms with Gasteiger partial charge in [-0.1, -0.05) is 13.0 Å². The Hall–Kier alpha value is -1.28. The van der Waals surface area contributed by atoms with Crippen LogP contribution in [0.5, 0.6) is 0 Å². The lowest BCUT2D eigenvalue weighted by Crippen LogP contribution is -2.09. The summed E-state index contributed by atoms with van der Waals surface area (Å²) in [5.41, 5.74) is 9.76. The minimum Gasteiger partial charge on any atom is -0.346 e. The number of aryl methyl sites for hydroxylation is 2. The molecule has 1 atom stereocenters. The van der Waals surface area contributed by atoms with Crippen molar-refractivity contribution in [2.24, 2.45) is 12.8 Å². The van der Waals surface area contributed by atoms with Crippen LogP contribution in [0.3, 0.4) is 0 Å². The summed E-state index contributed by atoms with van der Waals surface area (Å²) in [4.78, 5) is 0. The van der Waals surface area contributed by atoms with Gasteiger partial charge in [-0.2, -0.15) is 0 Å². The molecule has 0 amide bonds. The lowest BCUT2D eigenvalue weighted by molar-refractivity contribution is 0.726. The van der Waals surface area contributed by atoms with E-state index in [0.717, 1.165) is 6.42 Å². The van der Waals surface area contributed by atoms with Crippen LogP contribution in [-0.2, 0) is 13.5 Å². The van der Waals surface area contributed by atoms with Gasteiger partial charge in [0.1, 0.15) is 0 Å². The van der Waals surface area contributed by atoms with Crippen molar-refractivity contribution >= 4 is 10.9 Å². The monoisotopic (exact) mass is 202 g/mol. The van der Waals surface area contributed by atoms with Gasteiger partial charge in [0.05, 0.1) is 0 Å². The van der Waals surface area contributed by atoms with Crippen molar-refractivity contribution in [3.05, 3.63) is 35.5 Å². The van der Waals surface area contributed by atoms with E-state index in [0.29, 0.717) is 0 Å². The van der Waals surface area contributed by atoms with E-state index in [4.69, 9.17) is 5.73 Å². The van der Waals surface area contributed by atoms with E-state index >= 15 is 0 Å². The molecule has 0 radical (unpaired) electrons. The molecule has 0 spiro atoms. The molecule has 80 valence electrons. The number of nitrogens with two attached hydrogens (primary N) is 1. The average Bonchev–Trinajstić information content (AvgIpc) is 2.55. The van der Waals surface area contributed by atoms with E-state index in [1.807, 2.05) is 6.92 Å². The smallest absolute Gasteiger partial charge is 0.0480 e. The van der Waals surface area contributed by atoms with Gasteiger partial charge in [0.2, 0.25) is 0 Å². The molecule has 2 aromatic rings. The summed E-state index contributed by atoms with van der Waals surface area (Å²) in [5.74, 6) is 0. The van der Waals surface area contributed by atoms with Crippen molar-refractivity contribution in [3.8, 4) is 0 Å². The van der Waals surface area contributed by atoms with Crippen LogP contribution in [0.2, 0.25) is 0 Å². The van der Waals surface area contributed by atoms with E-state index in [1.54, 1.807) is 0 Å². The van der Waals surface area contributed by atoms with Crippen LogP contribution < -0.4 is 5.73 Å². The molecule has 1 unspecified atom stereocenters. The molecule has 15 heavy (non-hydrogen) atoms. The zero-order chi connectivity index (χ0) is 11.0. The second kappa shape index (κ2) is 3.70. The third-order valence-corrected chi connectivity index (χ3v) is 3.02. The topological polar surface area (TPSA) is 30.9 Å². The summed E-state index contributed by atoms with van der Waals surface area (Å²) in [7, 11) is 2.08. The minimum atomic E-state index is 0.0903. The highest BCUT2D eigenvalue weighted by molar-refractivity contribution is 5.82. The molecule has 2 nitrogen and oxygen atoms in total. The van der Waals surface area contributed by atoms with Crippen molar-refractivity contribution in [2.75, 3.05) is 0 Å². The van der Waals surface area contributed by atoms with E-state index in [2.05, 4.69) is 42.8 Å². The Morgan fingerprint density at radius 3 is 2.67 bits per heavy atom. The normalized spacial score (nSPS) is 13.3. The Bertz CT molecular complexity index is 480. The van der Waals surface area contributed by atoms with Crippen molar-refractivity contribution in [1.82, 2.24) is 4.57 Å². The maximum atomic E-state index is 5.93. The summed E-state index contributed by atoms with van der Waals surface area (Å²) >= 11 is 0. The van der Waals surface area contributed by atoms with Crippen LogP contribution in [0, 0.1) is 0 Å². The first-order valence-corrected chi connectivity index (χ1v) is 5.47. The largest absolute Gasteiger partial charge is 0.346 e. The molecular formula is C13H18N2. The Morgan fingerprint density at radius 1 is 1.33 bits per heavy atom. The number of fused-ring (bicyclic) bond motifs is 1. The molecule has 1 aromatic carbocycles. The van der Waals surface area contributed by atoms with Crippen LogP contribution in [0.4, 0.5) is 0 Å². The van der Waals surface area contributed by atoms with Gasteiger partial charge in [-0.25, -0.2) is 0 Å². The van der Waals surface area contributed by atoms with Crippen molar-refractivity contribution < 1.29 is 0 Å². The molecule has 2 N–H and O–H groups in total.